The van der Waals surface area contributed by atoms with Crippen LogP contribution in [0.1, 0.15) is 41.5 Å². The fourth-order valence-corrected chi connectivity index (χ4v) is 2.13. The Morgan fingerprint density at radius 2 is 1.91 bits per heavy atom. The van der Waals surface area contributed by atoms with Crippen LogP contribution >= 0.6 is 0 Å². The van der Waals surface area contributed by atoms with Crippen molar-refractivity contribution >= 4 is 5.97 Å². The molecule has 0 unspecified atom stereocenters. The minimum Gasteiger partial charge on any atom is -0.476 e. The number of alkyl halides is 3. The van der Waals surface area contributed by atoms with Gasteiger partial charge in [0.05, 0.1) is 12.2 Å². The first-order chi connectivity index (χ1) is 10.7. The van der Waals surface area contributed by atoms with E-state index in [0.717, 1.165) is 0 Å². The molecule has 0 saturated carbocycles. The normalized spacial score (nSPS) is 11.7. The van der Waals surface area contributed by atoms with E-state index in [2.05, 4.69) is 15.0 Å². The van der Waals surface area contributed by atoms with Crippen LogP contribution < -0.4 is 4.74 Å². The Bertz CT molecular complexity index is 694. The summed E-state index contributed by atoms with van der Waals surface area (Å²) in [6.45, 7) is 3.81. The van der Waals surface area contributed by atoms with Crippen LogP contribution in [0.3, 0.4) is 0 Å². The average molecular weight is 329 g/mol. The molecular weight excluding hydrogens is 315 g/mol. The van der Waals surface area contributed by atoms with Crippen molar-refractivity contribution < 1.29 is 27.8 Å². The van der Waals surface area contributed by atoms with Crippen molar-refractivity contribution in [3.8, 4) is 5.75 Å². The molecule has 0 amide bonds. The average Bonchev–Trinajstić information content (AvgIpc) is 2.83. The zero-order valence-corrected chi connectivity index (χ0v) is 12.3. The predicted molar refractivity (Wildman–Crippen MR) is 73.3 cm³/mol. The molecule has 1 heterocycles. The maximum Gasteiger partial charge on any atom is 0.573 e. The van der Waals surface area contributed by atoms with Crippen LogP contribution in [0, 0.1) is 0 Å². The summed E-state index contributed by atoms with van der Waals surface area (Å²) >= 11 is 0. The number of benzene rings is 1. The highest BCUT2D eigenvalue weighted by molar-refractivity contribution is 5.86. The summed E-state index contributed by atoms with van der Waals surface area (Å²) in [6, 6.07) is 5.28. The highest BCUT2D eigenvalue weighted by atomic mass is 19.4. The monoisotopic (exact) mass is 329 g/mol. The summed E-state index contributed by atoms with van der Waals surface area (Å²) in [5.74, 6) is -1.62. The molecule has 6 nitrogen and oxygen atoms in total. The zero-order valence-electron chi connectivity index (χ0n) is 12.3. The van der Waals surface area contributed by atoms with Crippen LogP contribution in [0.25, 0.3) is 0 Å². The fourth-order valence-electron chi connectivity index (χ4n) is 2.13. The molecule has 124 valence electrons. The summed E-state index contributed by atoms with van der Waals surface area (Å²) in [7, 11) is 0. The first-order valence-electron chi connectivity index (χ1n) is 6.68. The van der Waals surface area contributed by atoms with Crippen molar-refractivity contribution in [1.82, 2.24) is 15.0 Å². The summed E-state index contributed by atoms with van der Waals surface area (Å²) in [6.07, 6.45) is -4.74. The quantitative estimate of drug-likeness (QED) is 0.912. The number of carboxylic acid groups (broad SMARTS) is 1. The Balaban J connectivity index is 2.21. The van der Waals surface area contributed by atoms with Crippen LogP contribution in [0.2, 0.25) is 0 Å². The molecule has 0 aliphatic carbocycles. The Morgan fingerprint density at radius 1 is 1.30 bits per heavy atom. The van der Waals surface area contributed by atoms with Crippen molar-refractivity contribution in [3.63, 3.8) is 0 Å². The Morgan fingerprint density at radius 3 is 2.39 bits per heavy atom. The number of halogens is 3. The van der Waals surface area contributed by atoms with E-state index in [1.165, 1.54) is 28.9 Å². The molecule has 0 spiro atoms. The minimum atomic E-state index is -4.74. The first-order valence-corrected chi connectivity index (χ1v) is 6.68. The van der Waals surface area contributed by atoms with Gasteiger partial charge in [-0.25, -0.2) is 9.48 Å². The van der Waals surface area contributed by atoms with Gasteiger partial charge in [-0.3, -0.25) is 0 Å². The number of aromatic nitrogens is 3. The fraction of sp³-hybridized carbons (Fsp3) is 0.357. The van der Waals surface area contributed by atoms with Crippen molar-refractivity contribution in [3.05, 3.63) is 41.2 Å². The Hall–Kier alpha value is -2.58. The topological polar surface area (TPSA) is 77.2 Å². The van der Waals surface area contributed by atoms with E-state index in [4.69, 9.17) is 5.11 Å². The van der Waals surface area contributed by atoms with Gasteiger partial charge < -0.3 is 9.84 Å². The lowest BCUT2D eigenvalue weighted by molar-refractivity contribution is -0.274. The zero-order chi connectivity index (χ0) is 17.2. The van der Waals surface area contributed by atoms with Crippen molar-refractivity contribution in [2.45, 2.75) is 32.7 Å². The summed E-state index contributed by atoms with van der Waals surface area (Å²) in [5.41, 5.74) is 0.966. The van der Waals surface area contributed by atoms with Gasteiger partial charge in [0.15, 0.2) is 5.69 Å². The van der Waals surface area contributed by atoms with Crippen LogP contribution in [0.5, 0.6) is 5.75 Å². The second-order valence-electron chi connectivity index (χ2n) is 5.13. The summed E-state index contributed by atoms with van der Waals surface area (Å²) in [4.78, 5) is 11.1. The minimum absolute atomic E-state index is 0.121. The molecule has 0 atom stereocenters. The van der Waals surface area contributed by atoms with Gasteiger partial charge in [-0.2, -0.15) is 0 Å². The molecule has 0 aliphatic heterocycles. The molecular formula is C14H14F3N3O3. The van der Waals surface area contributed by atoms with E-state index in [-0.39, 0.29) is 23.9 Å². The standard InChI is InChI=1S/C14H14F3N3O3/c1-8(2)12-11(13(21)22)18-19-20(12)7-9-3-5-10(6-4-9)23-14(15,16)17/h3-6,8H,7H2,1-2H3,(H,21,22). The highest BCUT2D eigenvalue weighted by Crippen LogP contribution is 2.24. The molecule has 0 bridgehead atoms. The van der Waals surface area contributed by atoms with Gasteiger partial charge in [0.25, 0.3) is 0 Å². The number of aromatic carboxylic acids is 1. The molecule has 1 N–H and O–H groups in total. The van der Waals surface area contributed by atoms with Crippen molar-refractivity contribution in [2.75, 3.05) is 0 Å². The molecule has 0 saturated heterocycles. The van der Waals surface area contributed by atoms with Gasteiger partial charge in [-0.1, -0.05) is 31.2 Å². The maximum atomic E-state index is 12.1. The molecule has 1 aromatic heterocycles. The molecule has 1 aromatic carbocycles. The van der Waals surface area contributed by atoms with Crippen LogP contribution in [0.4, 0.5) is 13.2 Å². The molecule has 0 aliphatic rings. The number of hydrogen-bond acceptors (Lipinski definition) is 4. The molecule has 2 aromatic rings. The predicted octanol–water partition coefficient (Wildman–Crippen LogP) is 3.05. The largest absolute Gasteiger partial charge is 0.573 e. The third kappa shape index (κ3) is 4.21. The van der Waals surface area contributed by atoms with Gasteiger partial charge in [0.1, 0.15) is 5.75 Å². The summed E-state index contributed by atoms with van der Waals surface area (Å²) < 4.78 is 41.5. The molecule has 0 fully saturated rings. The third-order valence-corrected chi connectivity index (χ3v) is 3.01. The lowest BCUT2D eigenvalue weighted by atomic mass is 10.1. The van der Waals surface area contributed by atoms with E-state index in [9.17, 15) is 18.0 Å². The smallest absolute Gasteiger partial charge is 0.476 e. The number of ether oxygens (including phenoxy) is 1. The number of hydrogen-bond donors (Lipinski definition) is 1. The Labute approximate surface area is 129 Å². The second-order valence-corrected chi connectivity index (χ2v) is 5.13. The molecule has 2 rings (SSSR count). The van der Waals surface area contributed by atoms with Crippen LogP contribution in [-0.2, 0) is 6.54 Å². The van der Waals surface area contributed by atoms with Crippen LogP contribution in [-0.4, -0.2) is 32.4 Å². The number of carboxylic acids is 1. The number of nitrogens with zero attached hydrogens (tertiary/aromatic N) is 3. The maximum absolute atomic E-state index is 12.1. The highest BCUT2D eigenvalue weighted by Gasteiger charge is 2.31. The molecule has 9 heteroatoms. The SMILES string of the molecule is CC(C)c1c(C(=O)O)nnn1Cc1ccc(OC(F)(F)F)cc1. The van der Waals surface area contributed by atoms with Crippen LogP contribution in [0.15, 0.2) is 24.3 Å². The van der Waals surface area contributed by atoms with Crippen molar-refractivity contribution in [1.29, 1.82) is 0 Å². The van der Waals surface area contributed by atoms with Gasteiger partial charge >= 0.3 is 12.3 Å². The Kier molecular flexibility index (Phi) is 4.57. The van der Waals surface area contributed by atoms with E-state index in [1.807, 2.05) is 13.8 Å². The van der Waals surface area contributed by atoms with E-state index < -0.39 is 12.3 Å². The molecule has 23 heavy (non-hydrogen) atoms. The van der Waals surface area contributed by atoms with Crippen molar-refractivity contribution in [2.24, 2.45) is 0 Å². The van der Waals surface area contributed by atoms with Gasteiger partial charge in [-0.15, -0.1) is 18.3 Å². The van der Waals surface area contributed by atoms with Gasteiger partial charge in [-0.05, 0) is 23.6 Å². The number of rotatable bonds is 5. The van der Waals surface area contributed by atoms with Gasteiger partial charge in [0.2, 0.25) is 0 Å². The van der Waals surface area contributed by atoms with Gasteiger partial charge in [0, 0.05) is 0 Å². The van der Waals surface area contributed by atoms with E-state index in [1.54, 1.807) is 0 Å². The molecule has 0 radical (unpaired) electrons. The lowest BCUT2D eigenvalue weighted by Crippen LogP contribution is -2.17. The lowest BCUT2D eigenvalue weighted by Gasteiger charge is -2.11. The number of carbonyl (C=O) groups is 1. The first kappa shape index (κ1) is 16.8. The van der Waals surface area contributed by atoms with E-state index in [0.29, 0.717) is 11.3 Å². The van der Waals surface area contributed by atoms with E-state index >= 15 is 0 Å². The third-order valence-electron chi connectivity index (χ3n) is 3.01. The second kappa shape index (κ2) is 6.27. The summed E-state index contributed by atoms with van der Waals surface area (Å²) in [5, 5.41) is 16.5.